The van der Waals surface area contributed by atoms with Crippen LogP contribution in [0.4, 0.5) is 0 Å². The lowest BCUT2D eigenvalue weighted by Crippen LogP contribution is -2.25. The lowest BCUT2D eigenvalue weighted by Gasteiger charge is -2.11. The molecule has 0 aliphatic carbocycles. The van der Waals surface area contributed by atoms with Crippen LogP contribution in [0.15, 0.2) is 39.9 Å². The molecule has 0 saturated heterocycles. The third-order valence-corrected chi connectivity index (χ3v) is 4.10. The molecule has 0 atom stereocenters. The number of fused-ring (bicyclic) bond motifs is 1. The number of hydrazone groups is 1. The molecule has 0 aliphatic heterocycles. The van der Waals surface area contributed by atoms with Gasteiger partial charge in [0.2, 0.25) is 0 Å². The molecule has 0 aliphatic rings. The minimum absolute atomic E-state index is 0.102. The number of hydrogen-bond acceptors (Lipinski definition) is 3. The lowest BCUT2D eigenvalue weighted by atomic mass is 10.1. The zero-order chi connectivity index (χ0) is 17.8. The molecule has 0 fully saturated rings. The Hall–Kier alpha value is -2.78. The standard InChI is InChI=1S/C19H16BrN3O2/c1-12-8-15(20)9-13(2)19(12)25-11-18(24)23-22-10-14-4-3-5-17-16(14)6-7-21-17/h3-5,8-10,21H,11H2,1-2H3,(H,23,24)/b22-10+. The molecular weight excluding hydrogens is 382 g/mol. The highest BCUT2D eigenvalue weighted by Crippen LogP contribution is 2.27. The van der Waals surface area contributed by atoms with Crippen LogP contribution >= 0.6 is 15.9 Å². The van der Waals surface area contributed by atoms with E-state index < -0.39 is 0 Å². The molecule has 0 spiro atoms. The first-order valence-electron chi connectivity index (χ1n) is 7.66. The molecule has 1 aromatic heterocycles. The average Bonchev–Trinajstić information content (AvgIpc) is 3.03. The highest BCUT2D eigenvalue weighted by atomic mass is 79.9. The maximum atomic E-state index is 11.9. The number of benzene rings is 2. The van der Waals surface area contributed by atoms with Crippen LogP contribution in [-0.2, 0) is 4.79 Å². The van der Waals surface area contributed by atoms with E-state index in [0.717, 1.165) is 32.1 Å². The summed E-state index contributed by atoms with van der Waals surface area (Å²) in [6, 6.07) is 12.6. The van der Waals surface area contributed by atoms with Crippen molar-refractivity contribution >= 4 is 39.0 Å². The van der Waals surface area contributed by atoms with Gasteiger partial charge in [-0.25, -0.2) is 5.43 Å². The largest absolute Gasteiger partial charge is 0.483 e. The maximum Gasteiger partial charge on any atom is 0.277 e. The molecule has 0 unspecified atom stereocenters. The fourth-order valence-electron chi connectivity index (χ4n) is 2.55. The third kappa shape index (κ3) is 4.01. The second kappa shape index (κ2) is 7.41. The fourth-order valence-corrected chi connectivity index (χ4v) is 3.24. The van der Waals surface area contributed by atoms with Gasteiger partial charge in [-0.2, -0.15) is 5.10 Å². The van der Waals surface area contributed by atoms with Gasteiger partial charge in [0.1, 0.15) is 5.75 Å². The molecular formula is C19H16BrN3O2. The summed E-state index contributed by atoms with van der Waals surface area (Å²) in [5.41, 5.74) is 6.16. The monoisotopic (exact) mass is 397 g/mol. The number of H-pyrrole nitrogens is 1. The van der Waals surface area contributed by atoms with Crippen LogP contribution in [0.25, 0.3) is 10.9 Å². The van der Waals surface area contributed by atoms with Gasteiger partial charge in [0.15, 0.2) is 6.61 Å². The summed E-state index contributed by atoms with van der Waals surface area (Å²) in [5, 5.41) is 4.86. The summed E-state index contributed by atoms with van der Waals surface area (Å²) in [5.74, 6) is 0.388. The highest BCUT2D eigenvalue weighted by molar-refractivity contribution is 9.10. The Balaban J connectivity index is 1.59. The number of carbonyl (C=O) groups is 1. The number of rotatable bonds is 5. The first-order chi connectivity index (χ1) is 12.0. The Labute approximate surface area is 154 Å². The van der Waals surface area contributed by atoms with E-state index in [4.69, 9.17) is 4.74 Å². The second-order valence-electron chi connectivity index (χ2n) is 5.60. The van der Waals surface area contributed by atoms with Gasteiger partial charge in [-0.15, -0.1) is 0 Å². The van der Waals surface area contributed by atoms with Crippen molar-refractivity contribution in [2.24, 2.45) is 5.10 Å². The van der Waals surface area contributed by atoms with Gasteiger partial charge in [-0.1, -0.05) is 28.1 Å². The number of nitrogens with zero attached hydrogens (tertiary/aromatic N) is 1. The second-order valence-corrected chi connectivity index (χ2v) is 6.51. The van der Waals surface area contributed by atoms with Crippen molar-refractivity contribution in [1.82, 2.24) is 10.4 Å². The molecule has 5 nitrogen and oxygen atoms in total. The smallest absolute Gasteiger partial charge is 0.277 e. The predicted octanol–water partition coefficient (Wildman–Crippen LogP) is 3.68. The van der Waals surface area contributed by atoms with E-state index in [1.165, 1.54) is 0 Å². The highest BCUT2D eigenvalue weighted by Gasteiger charge is 2.08. The molecule has 3 aromatic rings. The molecule has 1 amide bonds. The zero-order valence-electron chi connectivity index (χ0n) is 13.8. The molecule has 25 heavy (non-hydrogen) atoms. The van der Waals surface area contributed by atoms with E-state index in [1.807, 2.05) is 44.2 Å². The van der Waals surface area contributed by atoms with E-state index in [-0.39, 0.29) is 12.5 Å². The third-order valence-electron chi connectivity index (χ3n) is 3.65. The van der Waals surface area contributed by atoms with Crippen molar-refractivity contribution in [2.45, 2.75) is 13.8 Å². The van der Waals surface area contributed by atoms with Gasteiger partial charge in [-0.05, 0) is 49.2 Å². The molecule has 126 valence electrons. The van der Waals surface area contributed by atoms with Crippen molar-refractivity contribution in [3.05, 3.63) is 63.8 Å². The van der Waals surface area contributed by atoms with Crippen LogP contribution in [0, 0.1) is 26.1 Å². The van der Waals surface area contributed by atoms with Crippen molar-refractivity contribution < 1.29 is 9.53 Å². The Morgan fingerprint density at radius 1 is 1.36 bits per heavy atom. The Kier molecular flexibility index (Phi) is 5.05. The van der Waals surface area contributed by atoms with Gasteiger partial charge in [-0.3, -0.25) is 4.79 Å². The first-order valence-corrected chi connectivity index (χ1v) is 8.45. The number of amides is 1. The van der Waals surface area contributed by atoms with Crippen LogP contribution < -0.4 is 10.2 Å². The van der Waals surface area contributed by atoms with Gasteiger partial charge >= 0.3 is 0 Å². The summed E-state index contributed by atoms with van der Waals surface area (Å²) in [4.78, 5) is 14.9. The first kappa shape index (κ1) is 17.1. The molecule has 3 rings (SSSR count). The summed E-state index contributed by atoms with van der Waals surface area (Å²) < 4.78 is 6.61. The zero-order valence-corrected chi connectivity index (χ0v) is 15.4. The number of nitrogens with one attached hydrogen (secondary N) is 2. The van der Waals surface area contributed by atoms with Gasteiger partial charge in [0, 0.05) is 16.2 Å². The quantitative estimate of drug-likeness (QED) is 0.509. The molecule has 2 aromatic carbocycles. The van der Waals surface area contributed by atoms with Gasteiger partial charge < -0.3 is 9.72 Å². The number of halogens is 1. The topological polar surface area (TPSA) is 66.5 Å². The minimum Gasteiger partial charge on any atom is -0.483 e. The molecule has 2 N–H and O–H groups in total. The van der Waals surface area contributed by atoms with Crippen LogP contribution in [-0.4, -0.2) is 23.7 Å². The summed E-state index contributed by atoms with van der Waals surface area (Å²) >= 11 is 3.44. The van der Waals surface area contributed by atoms with Crippen molar-refractivity contribution in [3.8, 4) is 5.75 Å². The minimum atomic E-state index is -0.324. The van der Waals surface area contributed by atoms with Crippen LogP contribution in [0.2, 0.25) is 0 Å². The van der Waals surface area contributed by atoms with E-state index in [1.54, 1.807) is 6.21 Å². The Bertz CT molecular complexity index is 924. The Morgan fingerprint density at radius 2 is 2.12 bits per heavy atom. The molecule has 1 heterocycles. The maximum absolute atomic E-state index is 11.9. The van der Waals surface area contributed by atoms with Crippen LogP contribution in [0.3, 0.4) is 0 Å². The lowest BCUT2D eigenvalue weighted by molar-refractivity contribution is -0.123. The normalized spacial score (nSPS) is 10.8. The number of carbonyl (C=O) groups excluding carboxylic acids is 1. The SMILES string of the molecule is Cc1cc(Br)cc(C)c1OCC(=O)N/N=C/c1cccc2[nH]c#cc12. The predicted molar refractivity (Wildman–Crippen MR) is 101 cm³/mol. The van der Waals surface area contributed by atoms with Crippen molar-refractivity contribution in [3.63, 3.8) is 0 Å². The summed E-state index contributed by atoms with van der Waals surface area (Å²) in [6.07, 6.45) is 4.39. The average molecular weight is 398 g/mol. The number of hydrogen-bond donors (Lipinski definition) is 2. The van der Waals surface area contributed by atoms with Gasteiger partial charge in [0.25, 0.3) is 5.91 Å². The number of aromatic nitrogens is 1. The molecule has 0 saturated carbocycles. The number of aryl methyl sites for hydroxylation is 2. The molecule has 0 bridgehead atoms. The Morgan fingerprint density at radius 3 is 2.88 bits per heavy atom. The fraction of sp³-hybridized carbons (Fsp3) is 0.158. The van der Waals surface area contributed by atoms with E-state index >= 15 is 0 Å². The number of ether oxygens (including phenoxy) is 1. The van der Waals surface area contributed by atoms with E-state index in [2.05, 4.69) is 43.7 Å². The summed E-state index contributed by atoms with van der Waals surface area (Å²) in [6.45, 7) is 3.78. The van der Waals surface area contributed by atoms with Crippen LogP contribution in [0.1, 0.15) is 16.7 Å². The van der Waals surface area contributed by atoms with Crippen molar-refractivity contribution in [1.29, 1.82) is 0 Å². The van der Waals surface area contributed by atoms with Gasteiger partial charge in [0.05, 0.1) is 17.1 Å². The van der Waals surface area contributed by atoms with E-state index in [0.29, 0.717) is 5.75 Å². The molecule has 0 radical (unpaired) electrons. The molecule has 6 heteroatoms. The van der Waals surface area contributed by atoms with E-state index in [9.17, 15) is 4.79 Å². The van der Waals surface area contributed by atoms with Crippen molar-refractivity contribution in [2.75, 3.05) is 6.61 Å². The summed E-state index contributed by atoms with van der Waals surface area (Å²) in [7, 11) is 0. The van der Waals surface area contributed by atoms with Crippen LogP contribution in [0.5, 0.6) is 5.75 Å². The number of aromatic amines is 1.